The molecule has 116 valence electrons. The van der Waals surface area contributed by atoms with Crippen LogP contribution in [0.1, 0.15) is 24.0 Å². The number of carbonyl (C=O) groups is 1. The van der Waals surface area contributed by atoms with Crippen LogP contribution >= 0.6 is 11.8 Å². The second-order valence-electron chi connectivity index (χ2n) is 5.87. The lowest BCUT2D eigenvalue weighted by Gasteiger charge is -2.28. The molecule has 1 atom stereocenters. The van der Waals surface area contributed by atoms with Crippen molar-refractivity contribution in [1.82, 2.24) is 10.2 Å². The van der Waals surface area contributed by atoms with E-state index in [1.807, 2.05) is 11.8 Å². The standard InChI is InChI=1S/C17H26N2OS/c1-14-6-3-4-7-16(14)13-21-11-9-18-17(20)15-8-5-10-19(2)12-15/h3-4,6-7,15H,5,8-13H2,1-2H3,(H,18,20)/t15-/m1/s1. The fourth-order valence-corrected chi connectivity index (χ4v) is 3.66. The molecule has 1 amide bonds. The summed E-state index contributed by atoms with van der Waals surface area (Å²) in [5, 5.41) is 3.09. The molecular formula is C17H26N2OS. The summed E-state index contributed by atoms with van der Waals surface area (Å²) >= 11 is 1.88. The smallest absolute Gasteiger partial charge is 0.224 e. The van der Waals surface area contributed by atoms with Gasteiger partial charge in [0.15, 0.2) is 0 Å². The van der Waals surface area contributed by atoms with Crippen molar-refractivity contribution in [3.05, 3.63) is 35.4 Å². The van der Waals surface area contributed by atoms with Gasteiger partial charge >= 0.3 is 0 Å². The average Bonchev–Trinajstić information content (AvgIpc) is 2.48. The van der Waals surface area contributed by atoms with E-state index < -0.39 is 0 Å². The zero-order chi connectivity index (χ0) is 15.1. The predicted molar refractivity (Wildman–Crippen MR) is 90.6 cm³/mol. The van der Waals surface area contributed by atoms with Crippen molar-refractivity contribution in [1.29, 1.82) is 0 Å². The van der Waals surface area contributed by atoms with Gasteiger partial charge < -0.3 is 10.2 Å². The normalized spacial score (nSPS) is 19.4. The number of piperidine rings is 1. The SMILES string of the molecule is Cc1ccccc1CSCCNC(=O)[C@@H]1CCCN(C)C1. The first-order valence-electron chi connectivity index (χ1n) is 7.75. The molecule has 1 fully saturated rings. The lowest BCUT2D eigenvalue weighted by molar-refractivity contribution is -0.126. The maximum absolute atomic E-state index is 12.1. The van der Waals surface area contributed by atoms with Crippen LogP contribution in [0.5, 0.6) is 0 Å². The molecule has 1 aliphatic rings. The molecule has 3 nitrogen and oxygen atoms in total. The van der Waals surface area contributed by atoms with Gasteiger partial charge in [0.1, 0.15) is 0 Å². The van der Waals surface area contributed by atoms with Gasteiger partial charge in [0.2, 0.25) is 5.91 Å². The maximum Gasteiger partial charge on any atom is 0.224 e. The van der Waals surface area contributed by atoms with E-state index in [0.717, 1.165) is 44.0 Å². The summed E-state index contributed by atoms with van der Waals surface area (Å²) in [6.07, 6.45) is 2.17. The van der Waals surface area contributed by atoms with Crippen molar-refractivity contribution in [2.24, 2.45) is 5.92 Å². The molecule has 21 heavy (non-hydrogen) atoms. The number of likely N-dealkylation sites (tertiary alicyclic amines) is 1. The molecule has 2 rings (SSSR count). The lowest BCUT2D eigenvalue weighted by atomic mass is 9.98. The summed E-state index contributed by atoms with van der Waals surface area (Å²) in [6, 6.07) is 8.49. The molecule has 0 radical (unpaired) electrons. The molecule has 0 unspecified atom stereocenters. The van der Waals surface area contributed by atoms with E-state index in [9.17, 15) is 4.79 Å². The molecule has 0 aliphatic carbocycles. The van der Waals surface area contributed by atoms with E-state index in [1.54, 1.807) is 0 Å². The maximum atomic E-state index is 12.1. The highest BCUT2D eigenvalue weighted by molar-refractivity contribution is 7.98. The van der Waals surface area contributed by atoms with Crippen molar-refractivity contribution >= 4 is 17.7 Å². The van der Waals surface area contributed by atoms with Gasteiger partial charge in [-0.25, -0.2) is 0 Å². The average molecular weight is 306 g/mol. The number of aryl methyl sites for hydroxylation is 1. The number of hydrogen-bond acceptors (Lipinski definition) is 3. The summed E-state index contributed by atoms with van der Waals surface area (Å²) in [6.45, 7) is 4.95. The first-order chi connectivity index (χ1) is 10.2. The topological polar surface area (TPSA) is 32.3 Å². The second-order valence-corrected chi connectivity index (χ2v) is 6.98. The quantitative estimate of drug-likeness (QED) is 0.820. The van der Waals surface area contributed by atoms with E-state index in [-0.39, 0.29) is 11.8 Å². The van der Waals surface area contributed by atoms with Gasteiger partial charge in [-0.05, 0) is 44.5 Å². The summed E-state index contributed by atoms with van der Waals surface area (Å²) < 4.78 is 0. The number of thioether (sulfide) groups is 1. The minimum Gasteiger partial charge on any atom is -0.355 e. The largest absolute Gasteiger partial charge is 0.355 e. The minimum atomic E-state index is 0.185. The van der Waals surface area contributed by atoms with Crippen LogP contribution in [-0.2, 0) is 10.5 Å². The molecule has 0 spiro atoms. The van der Waals surface area contributed by atoms with Crippen molar-refractivity contribution in [2.75, 3.05) is 32.4 Å². The molecule has 1 aromatic carbocycles. The Kier molecular flexibility index (Phi) is 6.58. The highest BCUT2D eigenvalue weighted by Gasteiger charge is 2.23. The Labute approximate surface area is 132 Å². The zero-order valence-electron chi connectivity index (χ0n) is 13.1. The van der Waals surface area contributed by atoms with Crippen LogP contribution in [0.15, 0.2) is 24.3 Å². The minimum absolute atomic E-state index is 0.185. The number of rotatable bonds is 6. The Morgan fingerprint density at radius 1 is 1.43 bits per heavy atom. The van der Waals surface area contributed by atoms with Gasteiger partial charge in [-0.15, -0.1) is 0 Å². The molecule has 1 aliphatic heterocycles. The molecule has 1 saturated heterocycles. The van der Waals surface area contributed by atoms with Gasteiger partial charge in [-0.2, -0.15) is 11.8 Å². The van der Waals surface area contributed by atoms with Crippen molar-refractivity contribution in [3.63, 3.8) is 0 Å². The first-order valence-corrected chi connectivity index (χ1v) is 8.91. The van der Waals surface area contributed by atoms with Crippen LogP contribution < -0.4 is 5.32 Å². The third-order valence-electron chi connectivity index (χ3n) is 4.06. The summed E-state index contributed by atoms with van der Waals surface area (Å²) in [4.78, 5) is 14.3. The first kappa shape index (κ1) is 16.4. The molecule has 1 aromatic rings. The van der Waals surface area contributed by atoms with Crippen molar-refractivity contribution in [3.8, 4) is 0 Å². The fraction of sp³-hybridized carbons (Fsp3) is 0.588. The van der Waals surface area contributed by atoms with Crippen LogP contribution in [0.25, 0.3) is 0 Å². The van der Waals surface area contributed by atoms with Crippen molar-refractivity contribution in [2.45, 2.75) is 25.5 Å². The van der Waals surface area contributed by atoms with E-state index >= 15 is 0 Å². The highest BCUT2D eigenvalue weighted by atomic mass is 32.2. The predicted octanol–water partition coefficient (Wildman–Crippen LogP) is 2.69. The number of hydrogen-bond donors (Lipinski definition) is 1. The molecule has 0 bridgehead atoms. The Morgan fingerprint density at radius 3 is 3.00 bits per heavy atom. The third-order valence-corrected chi connectivity index (χ3v) is 5.07. The van der Waals surface area contributed by atoms with Crippen LogP contribution in [0.4, 0.5) is 0 Å². The molecular weight excluding hydrogens is 280 g/mol. The Balaban J connectivity index is 1.61. The van der Waals surface area contributed by atoms with E-state index in [0.29, 0.717) is 0 Å². The number of benzene rings is 1. The summed E-state index contributed by atoms with van der Waals surface area (Å²) in [5.74, 6) is 2.42. The highest BCUT2D eigenvalue weighted by Crippen LogP contribution is 2.16. The third kappa shape index (κ3) is 5.36. The summed E-state index contributed by atoms with van der Waals surface area (Å²) in [5.41, 5.74) is 2.74. The van der Waals surface area contributed by atoms with Gasteiger partial charge in [0, 0.05) is 24.6 Å². The number of carbonyl (C=O) groups excluding carboxylic acids is 1. The van der Waals surface area contributed by atoms with Crippen LogP contribution in [0.3, 0.4) is 0 Å². The van der Waals surface area contributed by atoms with Gasteiger partial charge in [-0.1, -0.05) is 24.3 Å². The van der Waals surface area contributed by atoms with Crippen molar-refractivity contribution < 1.29 is 4.79 Å². The molecule has 0 saturated carbocycles. The molecule has 1 N–H and O–H groups in total. The van der Waals surface area contributed by atoms with Crippen LogP contribution in [-0.4, -0.2) is 43.2 Å². The molecule has 4 heteroatoms. The Hall–Kier alpha value is -1.00. The zero-order valence-corrected chi connectivity index (χ0v) is 13.9. The summed E-state index contributed by atoms with van der Waals surface area (Å²) in [7, 11) is 2.09. The number of nitrogens with zero attached hydrogens (tertiary/aromatic N) is 1. The second kappa shape index (κ2) is 8.44. The lowest BCUT2D eigenvalue weighted by Crippen LogP contribution is -2.41. The monoisotopic (exact) mass is 306 g/mol. The van der Waals surface area contributed by atoms with Gasteiger partial charge in [-0.3, -0.25) is 4.79 Å². The van der Waals surface area contributed by atoms with Crippen LogP contribution in [0.2, 0.25) is 0 Å². The number of nitrogens with one attached hydrogen (secondary N) is 1. The fourth-order valence-electron chi connectivity index (χ4n) is 2.73. The molecule has 1 heterocycles. The van der Waals surface area contributed by atoms with Gasteiger partial charge in [0.05, 0.1) is 5.92 Å². The molecule has 0 aromatic heterocycles. The van der Waals surface area contributed by atoms with E-state index in [2.05, 4.69) is 48.5 Å². The van der Waals surface area contributed by atoms with E-state index in [4.69, 9.17) is 0 Å². The van der Waals surface area contributed by atoms with Crippen LogP contribution in [0, 0.1) is 12.8 Å². The van der Waals surface area contributed by atoms with Gasteiger partial charge in [0.25, 0.3) is 0 Å². The van der Waals surface area contributed by atoms with E-state index in [1.165, 1.54) is 11.1 Å². The Bertz CT molecular complexity index is 464. The number of amides is 1. The Morgan fingerprint density at radius 2 is 2.24 bits per heavy atom.